The predicted molar refractivity (Wildman–Crippen MR) is 149 cm³/mol. The molecule has 2 amide bonds. The monoisotopic (exact) mass is 580 g/mol. The lowest BCUT2D eigenvalue weighted by Crippen LogP contribution is -2.52. The molecule has 1 aliphatic heterocycles. The average molecular weight is 581 g/mol. The highest BCUT2D eigenvalue weighted by Gasteiger charge is 2.48. The van der Waals surface area contributed by atoms with Gasteiger partial charge in [0.25, 0.3) is 11.8 Å². The number of halogens is 3. The van der Waals surface area contributed by atoms with E-state index in [4.69, 9.17) is 0 Å². The van der Waals surface area contributed by atoms with Gasteiger partial charge >= 0.3 is 12.3 Å². The van der Waals surface area contributed by atoms with Gasteiger partial charge in [-0.2, -0.15) is 0 Å². The maximum atomic E-state index is 14.0. The number of carbonyl (C=O) groups excluding carboxylic acids is 2. The quantitative estimate of drug-likeness (QED) is 0.318. The van der Waals surface area contributed by atoms with Gasteiger partial charge in [0.1, 0.15) is 5.75 Å². The number of benzene rings is 3. The topological polar surface area (TPSA) is 87.2 Å². The van der Waals surface area contributed by atoms with Crippen molar-refractivity contribution in [2.75, 3.05) is 11.4 Å². The van der Waals surface area contributed by atoms with Crippen molar-refractivity contribution in [3.05, 3.63) is 95.1 Å². The van der Waals surface area contributed by atoms with Crippen LogP contribution in [0, 0.1) is 12.8 Å². The fourth-order valence-corrected chi connectivity index (χ4v) is 6.25. The fourth-order valence-electron chi connectivity index (χ4n) is 6.25. The molecule has 42 heavy (non-hydrogen) atoms. The zero-order chi connectivity index (χ0) is 30.0. The molecule has 10 heteroatoms. The predicted octanol–water partition coefficient (Wildman–Crippen LogP) is 6.77. The molecule has 0 saturated heterocycles. The summed E-state index contributed by atoms with van der Waals surface area (Å²) in [4.78, 5) is 42.8. The lowest BCUT2D eigenvalue weighted by atomic mass is 9.81. The van der Waals surface area contributed by atoms with E-state index in [-0.39, 0.29) is 54.8 Å². The summed E-state index contributed by atoms with van der Waals surface area (Å²) in [7, 11) is 0. The number of ether oxygens (including phenoxy) is 1. The number of fused-ring (bicyclic) bond motifs is 2. The minimum absolute atomic E-state index is 0.0845. The molecule has 1 fully saturated rings. The van der Waals surface area contributed by atoms with Gasteiger partial charge in [-0.05, 0) is 74.2 Å². The van der Waals surface area contributed by atoms with Crippen LogP contribution in [0.15, 0.2) is 72.8 Å². The molecule has 0 spiro atoms. The van der Waals surface area contributed by atoms with Crippen LogP contribution in [0.4, 0.5) is 18.9 Å². The largest absolute Gasteiger partial charge is 0.573 e. The fraction of sp³-hybridized carbons (Fsp3) is 0.344. The van der Waals surface area contributed by atoms with E-state index in [1.165, 1.54) is 12.1 Å². The van der Waals surface area contributed by atoms with Crippen LogP contribution in [0.5, 0.6) is 5.75 Å². The van der Waals surface area contributed by atoms with Crippen LogP contribution in [0.1, 0.15) is 70.0 Å². The summed E-state index contributed by atoms with van der Waals surface area (Å²) in [6.45, 7) is 2.16. The van der Waals surface area contributed by atoms with Gasteiger partial charge in [0.05, 0.1) is 6.04 Å². The van der Waals surface area contributed by atoms with Crippen molar-refractivity contribution >= 4 is 23.5 Å². The first-order chi connectivity index (χ1) is 20.0. The lowest BCUT2D eigenvalue weighted by Gasteiger charge is -2.47. The molecule has 3 aromatic carbocycles. The van der Waals surface area contributed by atoms with E-state index in [0.717, 1.165) is 36.1 Å². The van der Waals surface area contributed by atoms with E-state index >= 15 is 0 Å². The van der Waals surface area contributed by atoms with Crippen LogP contribution in [0.3, 0.4) is 0 Å². The Kier molecular flexibility index (Phi) is 8.24. The molecule has 0 radical (unpaired) electrons. The normalized spacial score (nSPS) is 19.5. The van der Waals surface area contributed by atoms with Crippen molar-refractivity contribution in [2.24, 2.45) is 5.92 Å². The van der Waals surface area contributed by atoms with Gasteiger partial charge < -0.3 is 19.6 Å². The van der Waals surface area contributed by atoms with E-state index in [0.29, 0.717) is 17.7 Å². The summed E-state index contributed by atoms with van der Waals surface area (Å²) in [5, 5.41) is 9.30. The molecule has 0 bridgehead atoms. The molecule has 1 N–H and O–H groups in total. The Balaban J connectivity index is 1.53. The molecule has 3 aromatic rings. The standard InChI is InChI=1S/C32H31F3N2O5/c1-20-11-13-21(14-12-20)30(40)36(19-5-10-28(38)39)29-24-6-2-3-8-26(24)37(27-9-4-7-25(27)29)31(41)22-15-17-23(18-16-22)42-32(33,34)35/h2-3,6,8,11-18,25,27,29H,4-5,7,9-10,19H2,1H3,(H,38,39). The molecule has 1 aliphatic carbocycles. The number of hydrogen-bond donors (Lipinski definition) is 1. The second kappa shape index (κ2) is 11.9. The van der Waals surface area contributed by atoms with Gasteiger partial charge in [-0.25, -0.2) is 0 Å². The summed E-state index contributed by atoms with van der Waals surface area (Å²) >= 11 is 0. The number of para-hydroxylation sites is 1. The van der Waals surface area contributed by atoms with E-state index in [2.05, 4.69) is 4.74 Å². The Hall–Kier alpha value is -4.34. The second-order valence-electron chi connectivity index (χ2n) is 10.8. The van der Waals surface area contributed by atoms with Gasteiger partial charge in [-0.15, -0.1) is 13.2 Å². The van der Waals surface area contributed by atoms with Crippen molar-refractivity contribution in [1.29, 1.82) is 0 Å². The van der Waals surface area contributed by atoms with Crippen molar-refractivity contribution in [2.45, 2.75) is 57.5 Å². The molecule has 0 aromatic heterocycles. The summed E-state index contributed by atoms with van der Waals surface area (Å²) in [6, 6.07) is 18.9. The van der Waals surface area contributed by atoms with Crippen molar-refractivity contribution in [3.8, 4) is 5.75 Å². The third-order valence-corrected chi connectivity index (χ3v) is 8.02. The van der Waals surface area contributed by atoms with Crippen LogP contribution in [0.2, 0.25) is 0 Å². The van der Waals surface area contributed by atoms with Crippen LogP contribution < -0.4 is 9.64 Å². The highest BCUT2D eigenvalue weighted by molar-refractivity contribution is 6.07. The highest BCUT2D eigenvalue weighted by atomic mass is 19.4. The van der Waals surface area contributed by atoms with Gasteiger partial charge in [0.15, 0.2) is 0 Å². The Morgan fingerprint density at radius 2 is 1.62 bits per heavy atom. The van der Waals surface area contributed by atoms with Crippen LogP contribution in [-0.2, 0) is 4.79 Å². The van der Waals surface area contributed by atoms with E-state index in [1.54, 1.807) is 21.9 Å². The number of aliphatic carboxylic acids is 1. The molecule has 7 nitrogen and oxygen atoms in total. The third kappa shape index (κ3) is 6.12. The zero-order valence-corrected chi connectivity index (χ0v) is 23.0. The number of carboxylic acid groups (broad SMARTS) is 1. The maximum Gasteiger partial charge on any atom is 0.573 e. The highest BCUT2D eigenvalue weighted by Crippen LogP contribution is 2.51. The number of rotatable bonds is 8. The van der Waals surface area contributed by atoms with E-state index < -0.39 is 18.1 Å². The Morgan fingerprint density at radius 1 is 0.952 bits per heavy atom. The molecule has 1 saturated carbocycles. The number of aryl methyl sites for hydroxylation is 1. The Bertz CT molecular complexity index is 1460. The molecular formula is C32H31F3N2O5. The van der Waals surface area contributed by atoms with Crippen LogP contribution in [0.25, 0.3) is 0 Å². The van der Waals surface area contributed by atoms with Crippen molar-refractivity contribution in [1.82, 2.24) is 4.90 Å². The van der Waals surface area contributed by atoms with E-state index in [9.17, 15) is 32.7 Å². The molecule has 3 unspecified atom stereocenters. The minimum Gasteiger partial charge on any atom is -0.481 e. The first-order valence-corrected chi connectivity index (χ1v) is 13.9. The Labute approximate surface area is 241 Å². The molecule has 5 rings (SSSR count). The molecule has 1 heterocycles. The van der Waals surface area contributed by atoms with E-state index in [1.807, 2.05) is 43.3 Å². The van der Waals surface area contributed by atoms with Gasteiger partial charge in [-0.1, -0.05) is 42.3 Å². The third-order valence-electron chi connectivity index (χ3n) is 8.02. The van der Waals surface area contributed by atoms with Gasteiger partial charge in [-0.3, -0.25) is 14.4 Å². The summed E-state index contributed by atoms with van der Waals surface area (Å²) in [5.74, 6) is -2.02. The molecule has 2 aliphatic rings. The summed E-state index contributed by atoms with van der Waals surface area (Å²) in [6.07, 6.45) is -2.38. The first kappa shape index (κ1) is 29.2. The maximum absolute atomic E-state index is 14.0. The Morgan fingerprint density at radius 3 is 2.29 bits per heavy atom. The molecule has 3 atom stereocenters. The van der Waals surface area contributed by atoms with Crippen LogP contribution >= 0.6 is 0 Å². The number of carboxylic acids is 1. The van der Waals surface area contributed by atoms with Crippen molar-refractivity contribution < 1.29 is 37.4 Å². The number of carbonyl (C=O) groups is 3. The average Bonchev–Trinajstić information content (AvgIpc) is 3.43. The van der Waals surface area contributed by atoms with Crippen LogP contribution in [-0.4, -0.2) is 46.7 Å². The zero-order valence-electron chi connectivity index (χ0n) is 23.0. The number of anilines is 1. The molecular weight excluding hydrogens is 549 g/mol. The summed E-state index contributed by atoms with van der Waals surface area (Å²) in [5.41, 5.74) is 3.14. The summed E-state index contributed by atoms with van der Waals surface area (Å²) < 4.78 is 41.9. The van der Waals surface area contributed by atoms with Crippen molar-refractivity contribution in [3.63, 3.8) is 0 Å². The second-order valence-corrected chi connectivity index (χ2v) is 10.8. The SMILES string of the molecule is Cc1ccc(C(=O)N(CCCC(=O)O)C2c3ccccc3N(C(=O)c3ccc(OC(F)(F)F)cc3)C3CCCC23)cc1. The van der Waals surface area contributed by atoms with Gasteiger partial charge in [0, 0.05) is 41.7 Å². The molecule has 220 valence electrons. The number of nitrogens with zero attached hydrogens (tertiary/aromatic N) is 2. The number of amides is 2. The minimum atomic E-state index is -4.84. The first-order valence-electron chi connectivity index (χ1n) is 13.9. The number of hydrogen-bond acceptors (Lipinski definition) is 4. The smallest absolute Gasteiger partial charge is 0.481 e. The number of alkyl halides is 3. The lowest BCUT2D eigenvalue weighted by molar-refractivity contribution is -0.274. The van der Waals surface area contributed by atoms with Gasteiger partial charge in [0.2, 0.25) is 0 Å².